The van der Waals surface area contributed by atoms with Crippen LogP contribution in [0.15, 0.2) is 65.3 Å². The summed E-state index contributed by atoms with van der Waals surface area (Å²) in [5.74, 6) is -0.0239. The van der Waals surface area contributed by atoms with Gasteiger partial charge in [0.15, 0.2) is 5.76 Å². The average molecular weight is 352 g/mol. The highest BCUT2D eigenvalue weighted by atomic mass is 35.5. The second-order valence-corrected chi connectivity index (χ2v) is 6.09. The Bertz CT molecular complexity index is 1070. The van der Waals surface area contributed by atoms with E-state index in [9.17, 15) is 4.79 Å². The molecule has 1 N–H and O–H groups in total. The summed E-state index contributed by atoms with van der Waals surface area (Å²) in [6.07, 6.45) is 3.54. The van der Waals surface area contributed by atoms with Gasteiger partial charge in [-0.25, -0.2) is 4.68 Å². The van der Waals surface area contributed by atoms with Crippen LogP contribution in [0.25, 0.3) is 16.7 Å². The molecule has 0 aliphatic carbocycles. The molecule has 4 rings (SSSR count). The normalized spacial score (nSPS) is 11.0. The number of carbonyl (C=O) groups excluding carboxylic acids is 1. The third kappa shape index (κ3) is 2.90. The molecule has 0 bridgehead atoms. The maximum atomic E-state index is 12.6. The van der Waals surface area contributed by atoms with Gasteiger partial charge in [-0.15, -0.1) is 0 Å². The van der Waals surface area contributed by atoms with Crippen molar-refractivity contribution in [1.29, 1.82) is 0 Å². The smallest absolute Gasteiger partial charge is 0.291 e. The Kier molecular flexibility index (Phi) is 3.78. The largest absolute Gasteiger partial charge is 0.451 e. The number of hydrogen-bond acceptors (Lipinski definition) is 3. The fraction of sp³-hybridized carbons (Fsp3) is 0.0526. The Morgan fingerprint density at radius 1 is 1.20 bits per heavy atom. The van der Waals surface area contributed by atoms with Gasteiger partial charge in [-0.1, -0.05) is 17.7 Å². The fourth-order valence-electron chi connectivity index (χ4n) is 2.75. The molecule has 1 amide bonds. The maximum absolute atomic E-state index is 12.6. The van der Waals surface area contributed by atoms with Crippen LogP contribution in [0.1, 0.15) is 16.1 Å². The SMILES string of the molecule is Cc1c(C(=O)Nc2cccc(-n3cccn3)c2)oc2ccc(Cl)cc12. The summed E-state index contributed by atoms with van der Waals surface area (Å²) in [4.78, 5) is 12.6. The zero-order valence-corrected chi connectivity index (χ0v) is 14.1. The molecule has 2 aromatic heterocycles. The van der Waals surface area contributed by atoms with Gasteiger partial charge in [0.25, 0.3) is 5.91 Å². The second-order valence-electron chi connectivity index (χ2n) is 5.65. The van der Waals surface area contributed by atoms with Crippen LogP contribution in [0.4, 0.5) is 5.69 Å². The molecule has 25 heavy (non-hydrogen) atoms. The number of benzene rings is 2. The molecule has 0 unspecified atom stereocenters. The van der Waals surface area contributed by atoms with Crippen LogP contribution in [-0.2, 0) is 0 Å². The Morgan fingerprint density at radius 3 is 2.88 bits per heavy atom. The van der Waals surface area contributed by atoms with E-state index in [1.807, 2.05) is 43.5 Å². The van der Waals surface area contributed by atoms with E-state index in [2.05, 4.69) is 10.4 Å². The van der Waals surface area contributed by atoms with Crippen molar-refractivity contribution in [1.82, 2.24) is 9.78 Å². The second kappa shape index (κ2) is 6.11. The van der Waals surface area contributed by atoms with Crippen LogP contribution < -0.4 is 5.32 Å². The molecule has 4 aromatic rings. The molecule has 6 heteroatoms. The number of furan rings is 1. The minimum absolute atomic E-state index is 0.279. The van der Waals surface area contributed by atoms with Gasteiger partial charge in [0.05, 0.1) is 5.69 Å². The molecule has 0 atom stereocenters. The van der Waals surface area contributed by atoms with Gasteiger partial charge in [0, 0.05) is 34.1 Å². The van der Waals surface area contributed by atoms with E-state index < -0.39 is 0 Å². The van der Waals surface area contributed by atoms with Gasteiger partial charge in [-0.3, -0.25) is 4.79 Å². The highest BCUT2D eigenvalue weighted by Crippen LogP contribution is 2.28. The average Bonchev–Trinajstić information content (AvgIpc) is 3.24. The van der Waals surface area contributed by atoms with Crippen LogP contribution in [-0.4, -0.2) is 15.7 Å². The zero-order valence-electron chi connectivity index (χ0n) is 13.4. The lowest BCUT2D eigenvalue weighted by molar-refractivity contribution is 0.0998. The van der Waals surface area contributed by atoms with Crippen molar-refractivity contribution in [2.45, 2.75) is 6.92 Å². The van der Waals surface area contributed by atoms with Crippen molar-refractivity contribution in [3.8, 4) is 5.69 Å². The number of fused-ring (bicyclic) bond motifs is 1. The predicted octanol–water partition coefficient (Wildman–Crippen LogP) is 4.83. The first kappa shape index (κ1) is 15.5. The summed E-state index contributed by atoms with van der Waals surface area (Å²) in [6, 6.07) is 14.6. The summed E-state index contributed by atoms with van der Waals surface area (Å²) in [7, 11) is 0. The number of anilines is 1. The third-order valence-corrected chi connectivity index (χ3v) is 4.21. The topological polar surface area (TPSA) is 60.1 Å². The van der Waals surface area contributed by atoms with Gasteiger partial charge in [-0.2, -0.15) is 5.10 Å². The van der Waals surface area contributed by atoms with E-state index in [0.29, 0.717) is 16.3 Å². The Hall–Kier alpha value is -3.05. The van der Waals surface area contributed by atoms with Crippen molar-refractivity contribution in [2.75, 3.05) is 5.32 Å². The molecule has 2 heterocycles. The Balaban J connectivity index is 1.64. The number of aromatic nitrogens is 2. The molecule has 0 radical (unpaired) electrons. The van der Waals surface area contributed by atoms with Crippen molar-refractivity contribution in [3.05, 3.63) is 77.3 Å². The van der Waals surface area contributed by atoms with Crippen molar-refractivity contribution >= 4 is 34.2 Å². The lowest BCUT2D eigenvalue weighted by Crippen LogP contribution is -2.12. The van der Waals surface area contributed by atoms with E-state index in [-0.39, 0.29) is 11.7 Å². The van der Waals surface area contributed by atoms with Crippen LogP contribution in [0.3, 0.4) is 0 Å². The molecule has 0 saturated carbocycles. The van der Waals surface area contributed by atoms with E-state index in [4.69, 9.17) is 16.0 Å². The number of nitrogens with one attached hydrogen (secondary N) is 1. The van der Waals surface area contributed by atoms with Crippen LogP contribution in [0.2, 0.25) is 5.02 Å². The number of rotatable bonds is 3. The summed E-state index contributed by atoms with van der Waals surface area (Å²) in [5, 5.41) is 8.50. The van der Waals surface area contributed by atoms with E-state index >= 15 is 0 Å². The predicted molar refractivity (Wildman–Crippen MR) is 97.5 cm³/mol. The summed E-state index contributed by atoms with van der Waals surface area (Å²) >= 11 is 6.03. The first-order valence-corrected chi connectivity index (χ1v) is 8.10. The monoisotopic (exact) mass is 351 g/mol. The number of aryl methyl sites for hydroxylation is 1. The third-order valence-electron chi connectivity index (χ3n) is 3.98. The molecule has 0 saturated heterocycles. The molecule has 5 nitrogen and oxygen atoms in total. The number of halogens is 1. The molecule has 2 aromatic carbocycles. The van der Waals surface area contributed by atoms with Crippen molar-refractivity contribution in [3.63, 3.8) is 0 Å². The van der Waals surface area contributed by atoms with Gasteiger partial charge in [0.2, 0.25) is 0 Å². The molecule has 0 fully saturated rings. The van der Waals surface area contributed by atoms with E-state index in [1.165, 1.54) is 0 Å². The van der Waals surface area contributed by atoms with Gasteiger partial charge < -0.3 is 9.73 Å². The number of amides is 1. The van der Waals surface area contributed by atoms with Gasteiger partial charge in [-0.05, 0) is 49.4 Å². The Morgan fingerprint density at radius 2 is 2.08 bits per heavy atom. The summed E-state index contributed by atoms with van der Waals surface area (Å²) in [6.45, 7) is 1.84. The van der Waals surface area contributed by atoms with Crippen LogP contribution in [0, 0.1) is 6.92 Å². The first-order valence-electron chi connectivity index (χ1n) is 7.72. The van der Waals surface area contributed by atoms with Crippen molar-refractivity contribution in [2.24, 2.45) is 0 Å². The molecule has 0 aliphatic rings. The molecule has 0 aliphatic heterocycles. The minimum Gasteiger partial charge on any atom is -0.451 e. The Labute approximate surface area is 148 Å². The van der Waals surface area contributed by atoms with Gasteiger partial charge in [0.1, 0.15) is 5.58 Å². The zero-order chi connectivity index (χ0) is 17.4. The van der Waals surface area contributed by atoms with E-state index in [0.717, 1.165) is 16.6 Å². The minimum atomic E-state index is -0.303. The summed E-state index contributed by atoms with van der Waals surface area (Å²) < 4.78 is 7.43. The lowest BCUT2D eigenvalue weighted by Gasteiger charge is -2.07. The summed E-state index contributed by atoms with van der Waals surface area (Å²) in [5.41, 5.74) is 2.92. The quantitative estimate of drug-likeness (QED) is 0.575. The van der Waals surface area contributed by atoms with Crippen LogP contribution in [0.5, 0.6) is 0 Å². The van der Waals surface area contributed by atoms with Crippen LogP contribution >= 0.6 is 11.6 Å². The molecule has 0 spiro atoms. The molecule has 124 valence electrons. The van der Waals surface area contributed by atoms with Gasteiger partial charge >= 0.3 is 0 Å². The number of nitrogens with zero attached hydrogens (tertiary/aromatic N) is 2. The highest BCUT2D eigenvalue weighted by molar-refractivity contribution is 6.31. The molecular weight excluding hydrogens is 338 g/mol. The van der Waals surface area contributed by atoms with Crippen molar-refractivity contribution < 1.29 is 9.21 Å². The lowest BCUT2D eigenvalue weighted by atomic mass is 10.1. The van der Waals surface area contributed by atoms with E-state index in [1.54, 1.807) is 29.1 Å². The first-order chi connectivity index (χ1) is 12.1. The number of hydrogen-bond donors (Lipinski definition) is 1. The molecular formula is C19H14ClN3O2. The maximum Gasteiger partial charge on any atom is 0.291 e. The standard InChI is InChI=1S/C19H14ClN3O2/c1-12-16-10-13(20)6-7-17(16)25-18(12)19(24)22-14-4-2-5-15(11-14)23-9-3-8-21-23/h2-11H,1H3,(H,22,24). The number of carbonyl (C=O) groups is 1. The fourth-order valence-corrected chi connectivity index (χ4v) is 2.92. The highest BCUT2D eigenvalue weighted by Gasteiger charge is 2.18.